The molecule has 88 valence electrons. The van der Waals surface area contributed by atoms with E-state index in [1.807, 2.05) is 37.5 Å². The van der Waals surface area contributed by atoms with Gasteiger partial charge in [0.05, 0.1) is 0 Å². The Morgan fingerprint density at radius 3 is 2.76 bits per heavy atom. The first-order valence-corrected chi connectivity index (χ1v) is 5.66. The quantitative estimate of drug-likeness (QED) is 0.823. The van der Waals surface area contributed by atoms with Gasteiger partial charge in [-0.15, -0.1) is 0 Å². The molecule has 0 atom stereocenters. The van der Waals surface area contributed by atoms with E-state index in [9.17, 15) is 0 Å². The highest BCUT2D eigenvalue weighted by atomic mass is 15.0. The van der Waals surface area contributed by atoms with Gasteiger partial charge in [0.1, 0.15) is 11.6 Å². The summed E-state index contributed by atoms with van der Waals surface area (Å²) in [6.07, 6.45) is 4.62. The lowest BCUT2D eigenvalue weighted by Gasteiger charge is -2.07. The van der Waals surface area contributed by atoms with Gasteiger partial charge in [0.15, 0.2) is 0 Å². The molecule has 17 heavy (non-hydrogen) atoms. The van der Waals surface area contributed by atoms with Gasteiger partial charge in [-0.05, 0) is 30.2 Å². The summed E-state index contributed by atoms with van der Waals surface area (Å²) >= 11 is 0. The number of rotatable bonds is 5. The lowest BCUT2D eigenvalue weighted by atomic mass is 10.2. The van der Waals surface area contributed by atoms with E-state index in [0.717, 1.165) is 24.6 Å². The lowest BCUT2D eigenvalue weighted by molar-refractivity contribution is 0.994. The van der Waals surface area contributed by atoms with Gasteiger partial charge in [-0.1, -0.05) is 12.1 Å². The van der Waals surface area contributed by atoms with Crippen LogP contribution in [0.4, 0.5) is 11.6 Å². The Morgan fingerprint density at radius 2 is 2.00 bits per heavy atom. The van der Waals surface area contributed by atoms with Gasteiger partial charge >= 0.3 is 0 Å². The molecular weight excluding hydrogens is 212 g/mol. The van der Waals surface area contributed by atoms with Gasteiger partial charge in [0.2, 0.25) is 0 Å². The highest BCUT2D eigenvalue weighted by molar-refractivity contribution is 5.44. The van der Waals surface area contributed by atoms with E-state index in [1.165, 1.54) is 5.56 Å². The third-order valence-corrected chi connectivity index (χ3v) is 2.45. The molecule has 2 aromatic heterocycles. The fourth-order valence-corrected chi connectivity index (χ4v) is 1.55. The number of pyridine rings is 2. The van der Waals surface area contributed by atoms with Crippen molar-refractivity contribution in [2.24, 2.45) is 0 Å². The molecule has 0 aliphatic carbocycles. The molecule has 0 spiro atoms. The zero-order valence-electron chi connectivity index (χ0n) is 9.85. The monoisotopic (exact) mass is 228 g/mol. The molecule has 4 nitrogen and oxygen atoms in total. The van der Waals surface area contributed by atoms with Crippen LogP contribution >= 0.6 is 0 Å². The Hall–Kier alpha value is -2.10. The minimum Gasteiger partial charge on any atom is -0.373 e. The Kier molecular flexibility index (Phi) is 3.91. The third-order valence-electron chi connectivity index (χ3n) is 2.45. The van der Waals surface area contributed by atoms with Crippen molar-refractivity contribution in [3.63, 3.8) is 0 Å². The minimum absolute atomic E-state index is 0.853. The third kappa shape index (κ3) is 3.45. The fraction of sp³-hybridized carbons (Fsp3) is 0.231. The van der Waals surface area contributed by atoms with Crippen LogP contribution in [0.1, 0.15) is 5.56 Å². The molecular formula is C13H16N4. The largest absolute Gasteiger partial charge is 0.373 e. The molecule has 0 saturated heterocycles. The van der Waals surface area contributed by atoms with Crippen molar-refractivity contribution in [1.82, 2.24) is 9.97 Å². The Balaban J connectivity index is 1.86. The van der Waals surface area contributed by atoms with Crippen LogP contribution in [0.2, 0.25) is 0 Å². The average molecular weight is 228 g/mol. The van der Waals surface area contributed by atoms with Crippen LogP contribution < -0.4 is 10.6 Å². The summed E-state index contributed by atoms with van der Waals surface area (Å²) in [5.74, 6) is 1.76. The SMILES string of the molecule is CNc1cccc(NCCc2cccnc2)n1. The predicted octanol–water partition coefficient (Wildman–Crippen LogP) is 2.17. The summed E-state index contributed by atoms with van der Waals surface area (Å²) in [4.78, 5) is 8.47. The topological polar surface area (TPSA) is 49.8 Å². The smallest absolute Gasteiger partial charge is 0.128 e. The average Bonchev–Trinajstić information content (AvgIpc) is 2.40. The molecule has 0 unspecified atom stereocenters. The fourth-order valence-electron chi connectivity index (χ4n) is 1.55. The van der Waals surface area contributed by atoms with Gasteiger partial charge in [0, 0.05) is 26.0 Å². The van der Waals surface area contributed by atoms with Crippen molar-refractivity contribution in [3.8, 4) is 0 Å². The molecule has 0 aliphatic rings. The summed E-state index contributed by atoms with van der Waals surface area (Å²) in [6, 6.07) is 9.91. The van der Waals surface area contributed by atoms with Gasteiger partial charge in [0.25, 0.3) is 0 Å². The van der Waals surface area contributed by atoms with Crippen molar-refractivity contribution in [3.05, 3.63) is 48.3 Å². The van der Waals surface area contributed by atoms with Crippen LogP contribution in [0.25, 0.3) is 0 Å². The van der Waals surface area contributed by atoms with Gasteiger partial charge < -0.3 is 10.6 Å². The number of anilines is 2. The summed E-state index contributed by atoms with van der Waals surface area (Å²) in [5.41, 5.74) is 1.23. The molecule has 0 saturated carbocycles. The van der Waals surface area contributed by atoms with Crippen molar-refractivity contribution >= 4 is 11.6 Å². The zero-order valence-corrected chi connectivity index (χ0v) is 9.85. The Morgan fingerprint density at radius 1 is 1.12 bits per heavy atom. The highest BCUT2D eigenvalue weighted by Gasteiger charge is 1.96. The van der Waals surface area contributed by atoms with Crippen molar-refractivity contribution < 1.29 is 0 Å². The molecule has 0 bridgehead atoms. The first-order valence-electron chi connectivity index (χ1n) is 5.66. The number of aromatic nitrogens is 2. The van der Waals surface area contributed by atoms with Crippen LogP contribution in [0, 0.1) is 0 Å². The van der Waals surface area contributed by atoms with Crippen molar-refractivity contribution in [2.75, 3.05) is 24.2 Å². The Labute approximate surface area is 101 Å². The first kappa shape index (κ1) is 11.4. The molecule has 2 N–H and O–H groups in total. The summed E-state index contributed by atoms with van der Waals surface area (Å²) in [5, 5.41) is 6.30. The predicted molar refractivity (Wildman–Crippen MR) is 70.2 cm³/mol. The maximum atomic E-state index is 4.38. The van der Waals surface area contributed by atoms with Crippen LogP contribution in [-0.2, 0) is 6.42 Å². The van der Waals surface area contributed by atoms with Crippen LogP contribution in [-0.4, -0.2) is 23.6 Å². The van der Waals surface area contributed by atoms with Gasteiger partial charge in [-0.2, -0.15) is 0 Å². The second-order valence-electron chi connectivity index (χ2n) is 3.70. The minimum atomic E-state index is 0.853. The van der Waals surface area contributed by atoms with Crippen LogP contribution in [0.5, 0.6) is 0 Å². The molecule has 0 amide bonds. The van der Waals surface area contributed by atoms with E-state index in [2.05, 4.69) is 26.7 Å². The Bertz CT molecular complexity index is 456. The molecule has 2 rings (SSSR count). The molecule has 0 fully saturated rings. The standard InChI is InChI=1S/C13H16N4/c1-14-12-5-2-6-13(17-12)16-9-7-11-4-3-8-15-10-11/h2-6,8,10H,7,9H2,1H3,(H2,14,16,17). The molecule has 0 radical (unpaired) electrons. The summed E-state index contributed by atoms with van der Waals surface area (Å²) in [7, 11) is 1.86. The second-order valence-corrected chi connectivity index (χ2v) is 3.70. The highest BCUT2D eigenvalue weighted by Crippen LogP contribution is 2.08. The van der Waals surface area contributed by atoms with E-state index < -0.39 is 0 Å². The molecule has 4 heteroatoms. The van der Waals surface area contributed by atoms with E-state index in [4.69, 9.17) is 0 Å². The second kappa shape index (κ2) is 5.84. The molecule has 2 heterocycles. The first-order chi connectivity index (χ1) is 8.38. The molecule has 0 aromatic carbocycles. The lowest BCUT2D eigenvalue weighted by Crippen LogP contribution is -2.07. The van der Waals surface area contributed by atoms with Gasteiger partial charge in [-0.25, -0.2) is 4.98 Å². The van der Waals surface area contributed by atoms with E-state index in [-0.39, 0.29) is 0 Å². The van der Waals surface area contributed by atoms with E-state index in [1.54, 1.807) is 6.20 Å². The van der Waals surface area contributed by atoms with Crippen LogP contribution in [0.3, 0.4) is 0 Å². The van der Waals surface area contributed by atoms with Crippen LogP contribution in [0.15, 0.2) is 42.7 Å². The molecule has 0 aliphatic heterocycles. The maximum Gasteiger partial charge on any atom is 0.128 e. The normalized spacial score (nSPS) is 9.94. The molecule has 2 aromatic rings. The van der Waals surface area contributed by atoms with E-state index >= 15 is 0 Å². The summed E-state index contributed by atoms with van der Waals surface area (Å²) < 4.78 is 0. The zero-order chi connectivity index (χ0) is 11.9. The maximum absolute atomic E-state index is 4.38. The van der Waals surface area contributed by atoms with Crippen molar-refractivity contribution in [1.29, 1.82) is 0 Å². The number of nitrogens with one attached hydrogen (secondary N) is 2. The van der Waals surface area contributed by atoms with E-state index in [0.29, 0.717) is 0 Å². The van der Waals surface area contributed by atoms with Crippen molar-refractivity contribution in [2.45, 2.75) is 6.42 Å². The van der Waals surface area contributed by atoms with Gasteiger partial charge in [-0.3, -0.25) is 4.98 Å². The summed E-state index contributed by atoms with van der Waals surface area (Å²) in [6.45, 7) is 0.853. The number of nitrogens with zero attached hydrogens (tertiary/aromatic N) is 2. The number of hydrogen-bond acceptors (Lipinski definition) is 4. The number of hydrogen-bond donors (Lipinski definition) is 2.